The minimum absolute atomic E-state index is 0.836. The Labute approximate surface area is 68.8 Å². The van der Waals surface area contributed by atoms with Gasteiger partial charge < -0.3 is 0 Å². The Kier molecular flexibility index (Phi) is 1.18. The van der Waals surface area contributed by atoms with Crippen LogP contribution in [0.4, 0.5) is 0 Å². The highest BCUT2D eigenvalue weighted by Crippen LogP contribution is 2.49. The maximum Gasteiger partial charge on any atom is 0.00966 e. The quantitative estimate of drug-likeness (QED) is 0.554. The number of likely N-dealkylation sites (tertiary alicyclic amines) is 1. The van der Waals surface area contributed by atoms with Crippen molar-refractivity contribution in [3.05, 3.63) is 0 Å². The van der Waals surface area contributed by atoms with Crippen molar-refractivity contribution >= 4 is 0 Å². The van der Waals surface area contributed by atoms with E-state index in [2.05, 4.69) is 4.90 Å². The van der Waals surface area contributed by atoms with E-state index in [4.69, 9.17) is 0 Å². The van der Waals surface area contributed by atoms with Gasteiger partial charge in [-0.05, 0) is 44.1 Å². The van der Waals surface area contributed by atoms with Crippen LogP contribution in [0.3, 0.4) is 0 Å². The Morgan fingerprint density at radius 3 is 2.36 bits per heavy atom. The van der Waals surface area contributed by atoms with Crippen LogP contribution in [0.5, 0.6) is 0 Å². The molecule has 0 unspecified atom stereocenters. The molecule has 1 spiro atoms. The average Bonchev–Trinajstić information content (AvgIpc) is 2.67. The lowest BCUT2D eigenvalue weighted by molar-refractivity contribution is 0.137. The van der Waals surface area contributed by atoms with Gasteiger partial charge in [0, 0.05) is 12.6 Å². The Bertz CT molecular complexity index is 168. The zero-order valence-corrected chi connectivity index (χ0v) is 7.18. The average molecular weight is 151 g/mol. The summed E-state index contributed by atoms with van der Waals surface area (Å²) >= 11 is 0. The number of rotatable bonds is 1. The van der Waals surface area contributed by atoms with Crippen LogP contribution in [0, 0.1) is 5.41 Å². The molecule has 0 aromatic carbocycles. The van der Waals surface area contributed by atoms with Gasteiger partial charge in [0.25, 0.3) is 0 Å². The van der Waals surface area contributed by atoms with Gasteiger partial charge in [-0.15, -0.1) is 0 Å². The first-order valence-electron chi connectivity index (χ1n) is 5.12. The Morgan fingerprint density at radius 1 is 1.09 bits per heavy atom. The number of hydrogen-bond acceptors (Lipinski definition) is 1. The number of hydrogen-bond donors (Lipinski definition) is 0. The van der Waals surface area contributed by atoms with Gasteiger partial charge >= 0.3 is 0 Å². The predicted octanol–water partition coefficient (Wildman–Crippen LogP) is 2.02. The summed E-state index contributed by atoms with van der Waals surface area (Å²) in [6, 6.07) is 1.02. The second-order valence-corrected chi connectivity index (χ2v) is 4.81. The molecule has 0 aromatic heterocycles. The summed E-state index contributed by atoms with van der Waals surface area (Å²) in [5, 5.41) is 0. The molecular weight excluding hydrogens is 134 g/mol. The highest BCUT2D eigenvalue weighted by atomic mass is 15.2. The molecule has 0 atom stereocenters. The second-order valence-electron chi connectivity index (χ2n) is 4.81. The van der Waals surface area contributed by atoms with E-state index in [0.717, 1.165) is 11.5 Å². The molecule has 0 amide bonds. The Morgan fingerprint density at radius 2 is 1.91 bits per heavy atom. The van der Waals surface area contributed by atoms with Crippen molar-refractivity contribution in [1.82, 2.24) is 4.90 Å². The van der Waals surface area contributed by atoms with Crippen LogP contribution >= 0.6 is 0 Å². The molecule has 1 nitrogen and oxygen atoms in total. The molecule has 3 aliphatic rings. The molecule has 1 heterocycles. The third kappa shape index (κ3) is 0.936. The first-order chi connectivity index (χ1) is 5.38. The first kappa shape index (κ1) is 6.47. The van der Waals surface area contributed by atoms with Gasteiger partial charge in [0.15, 0.2) is 0 Å². The van der Waals surface area contributed by atoms with Crippen molar-refractivity contribution in [1.29, 1.82) is 0 Å². The largest absolute Gasteiger partial charge is 0.300 e. The summed E-state index contributed by atoms with van der Waals surface area (Å²) in [4.78, 5) is 2.75. The summed E-state index contributed by atoms with van der Waals surface area (Å²) in [7, 11) is 0. The minimum atomic E-state index is 0.836. The van der Waals surface area contributed by atoms with E-state index in [1.54, 1.807) is 0 Å². The van der Waals surface area contributed by atoms with Crippen molar-refractivity contribution in [2.24, 2.45) is 5.41 Å². The monoisotopic (exact) mass is 151 g/mol. The van der Waals surface area contributed by atoms with Crippen molar-refractivity contribution in [3.63, 3.8) is 0 Å². The van der Waals surface area contributed by atoms with E-state index in [1.807, 2.05) is 0 Å². The molecule has 0 aromatic rings. The molecule has 3 rings (SSSR count). The van der Waals surface area contributed by atoms with Gasteiger partial charge in [-0.1, -0.05) is 6.42 Å². The molecule has 0 radical (unpaired) electrons. The summed E-state index contributed by atoms with van der Waals surface area (Å²) < 4.78 is 0. The van der Waals surface area contributed by atoms with Gasteiger partial charge in [0.2, 0.25) is 0 Å². The van der Waals surface area contributed by atoms with Crippen molar-refractivity contribution in [3.8, 4) is 0 Å². The summed E-state index contributed by atoms with van der Waals surface area (Å²) in [5.41, 5.74) is 0.836. The van der Waals surface area contributed by atoms with Crippen molar-refractivity contribution < 1.29 is 0 Å². The molecule has 11 heavy (non-hydrogen) atoms. The Hall–Kier alpha value is -0.0400. The van der Waals surface area contributed by atoms with Crippen LogP contribution in [0.15, 0.2) is 0 Å². The molecule has 0 bridgehead atoms. The molecule has 1 aliphatic heterocycles. The summed E-state index contributed by atoms with van der Waals surface area (Å²) in [5.74, 6) is 0. The third-order valence-corrected chi connectivity index (χ3v) is 3.95. The summed E-state index contributed by atoms with van der Waals surface area (Å²) in [6.45, 7) is 2.88. The van der Waals surface area contributed by atoms with Crippen LogP contribution in [0.1, 0.15) is 38.5 Å². The molecular formula is C10H17N. The topological polar surface area (TPSA) is 3.24 Å². The highest BCUT2D eigenvalue weighted by Gasteiger charge is 2.46. The zero-order chi connectivity index (χ0) is 7.31. The van der Waals surface area contributed by atoms with E-state index < -0.39 is 0 Å². The van der Waals surface area contributed by atoms with Gasteiger partial charge in [-0.2, -0.15) is 0 Å². The Balaban J connectivity index is 1.66. The van der Waals surface area contributed by atoms with E-state index in [0.29, 0.717) is 0 Å². The molecule has 3 fully saturated rings. The minimum Gasteiger partial charge on any atom is -0.300 e. The van der Waals surface area contributed by atoms with E-state index in [-0.39, 0.29) is 0 Å². The second kappa shape index (κ2) is 2.01. The maximum absolute atomic E-state index is 2.75. The highest BCUT2D eigenvalue weighted by molar-refractivity contribution is 4.99. The van der Waals surface area contributed by atoms with Crippen LogP contribution in [0.2, 0.25) is 0 Å². The lowest BCUT2D eigenvalue weighted by Gasteiger charge is -2.38. The maximum atomic E-state index is 2.75. The normalized spacial score (nSPS) is 36.0. The van der Waals surface area contributed by atoms with Crippen LogP contribution in [-0.2, 0) is 0 Å². The molecule has 0 N–H and O–H groups in total. The van der Waals surface area contributed by atoms with Crippen LogP contribution in [-0.4, -0.2) is 24.0 Å². The third-order valence-electron chi connectivity index (χ3n) is 3.95. The fraction of sp³-hybridized carbons (Fsp3) is 1.00. The predicted molar refractivity (Wildman–Crippen MR) is 45.5 cm³/mol. The van der Waals surface area contributed by atoms with Gasteiger partial charge in [0.05, 0.1) is 0 Å². The molecule has 2 saturated carbocycles. The van der Waals surface area contributed by atoms with Gasteiger partial charge in [-0.25, -0.2) is 0 Å². The zero-order valence-electron chi connectivity index (χ0n) is 7.18. The van der Waals surface area contributed by atoms with Crippen molar-refractivity contribution in [2.45, 2.75) is 44.6 Å². The first-order valence-corrected chi connectivity index (χ1v) is 5.12. The van der Waals surface area contributed by atoms with E-state index >= 15 is 0 Å². The fourth-order valence-electron chi connectivity index (χ4n) is 2.81. The smallest absolute Gasteiger partial charge is 0.00966 e. The standard InChI is InChI=1S/C10H17N/c1-4-10(5-1)6-7-11(8-10)9-2-3-9/h9H,1-8H2. The summed E-state index contributed by atoms with van der Waals surface area (Å²) in [6.07, 6.45) is 9.10. The molecule has 62 valence electrons. The van der Waals surface area contributed by atoms with Gasteiger partial charge in [0.1, 0.15) is 0 Å². The van der Waals surface area contributed by atoms with Crippen LogP contribution in [0.25, 0.3) is 0 Å². The van der Waals surface area contributed by atoms with Crippen molar-refractivity contribution in [2.75, 3.05) is 13.1 Å². The SMILES string of the molecule is C1CC2(C1)CCN(C1CC1)C2. The van der Waals surface area contributed by atoms with E-state index in [1.165, 1.54) is 51.6 Å². The van der Waals surface area contributed by atoms with Crippen LogP contribution < -0.4 is 0 Å². The lowest BCUT2D eigenvalue weighted by atomic mass is 9.68. The van der Waals surface area contributed by atoms with E-state index in [9.17, 15) is 0 Å². The fourth-order valence-corrected chi connectivity index (χ4v) is 2.81. The molecule has 2 aliphatic carbocycles. The molecule has 1 heteroatoms. The lowest BCUT2D eigenvalue weighted by Crippen LogP contribution is -2.33. The molecule has 1 saturated heterocycles. The van der Waals surface area contributed by atoms with Gasteiger partial charge in [-0.3, -0.25) is 4.90 Å². The number of nitrogens with zero attached hydrogens (tertiary/aromatic N) is 1.